The highest BCUT2D eigenvalue weighted by molar-refractivity contribution is 7.89. The molecule has 3 aromatic carbocycles. The summed E-state index contributed by atoms with van der Waals surface area (Å²) in [6, 6.07) is 24.6. The summed E-state index contributed by atoms with van der Waals surface area (Å²) in [5.41, 5.74) is 5.04. The number of benzene rings is 3. The lowest BCUT2D eigenvalue weighted by molar-refractivity contribution is 0.153. The molecule has 3 nitrogen and oxygen atoms in total. The molecule has 1 heterocycles. The molecule has 1 fully saturated rings. The van der Waals surface area contributed by atoms with Gasteiger partial charge in [-0.25, -0.2) is 8.42 Å². The minimum absolute atomic E-state index is 0.185. The molecule has 1 aliphatic rings. The molecule has 0 aromatic heterocycles. The van der Waals surface area contributed by atoms with E-state index in [1.807, 2.05) is 80.6 Å². The first-order valence-corrected chi connectivity index (χ1v) is 11.2. The van der Waals surface area contributed by atoms with Crippen LogP contribution in [-0.2, 0) is 10.0 Å². The first kappa shape index (κ1) is 19.6. The van der Waals surface area contributed by atoms with Crippen LogP contribution in [-0.4, -0.2) is 18.8 Å². The van der Waals surface area contributed by atoms with E-state index in [1.54, 1.807) is 16.4 Å². The molecule has 29 heavy (non-hydrogen) atoms. The molecule has 1 saturated heterocycles. The van der Waals surface area contributed by atoms with Gasteiger partial charge in [0, 0.05) is 0 Å². The van der Waals surface area contributed by atoms with Gasteiger partial charge in [0.05, 0.1) is 17.0 Å². The van der Waals surface area contributed by atoms with E-state index in [9.17, 15) is 8.42 Å². The highest BCUT2D eigenvalue weighted by atomic mass is 32.2. The quantitative estimate of drug-likeness (QED) is 0.562. The topological polar surface area (TPSA) is 37.4 Å². The Kier molecular flexibility index (Phi) is 5.15. The van der Waals surface area contributed by atoms with E-state index in [0.29, 0.717) is 4.90 Å². The average Bonchev–Trinajstić information content (AvgIpc) is 2.68. The van der Waals surface area contributed by atoms with Crippen molar-refractivity contribution in [1.82, 2.24) is 4.31 Å². The number of aryl methyl sites for hydroxylation is 2. The van der Waals surface area contributed by atoms with Crippen molar-refractivity contribution in [1.29, 1.82) is 0 Å². The van der Waals surface area contributed by atoms with Crippen molar-refractivity contribution >= 4 is 15.6 Å². The number of sulfonamides is 1. The molecule has 0 N–H and O–H groups in total. The second-order valence-electron chi connectivity index (χ2n) is 7.72. The van der Waals surface area contributed by atoms with Gasteiger partial charge >= 0.3 is 0 Å². The number of nitrogens with zero attached hydrogens (tertiary/aromatic N) is 1. The molecule has 3 aromatic rings. The summed E-state index contributed by atoms with van der Waals surface area (Å²) in [4.78, 5) is 0.324. The van der Waals surface area contributed by atoms with E-state index in [4.69, 9.17) is 0 Å². The maximum Gasteiger partial charge on any atom is 0.244 e. The summed E-state index contributed by atoms with van der Waals surface area (Å²) in [6.07, 6.45) is 0.724. The highest BCUT2D eigenvalue weighted by Crippen LogP contribution is 2.47. The van der Waals surface area contributed by atoms with Gasteiger partial charge in [0.1, 0.15) is 0 Å². The van der Waals surface area contributed by atoms with Crippen molar-refractivity contribution < 1.29 is 8.42 Å². The van der Waals surface area contributed by atoms with Gasteiger partial charge in [-0.1, -0.05) is 84.4 Å². The van der Waals surface area contributed by atoms with Crippen molar-refractivity contribution in [3.8, 4) is 0 Å². The number of hydrogen-bond donors (Lipinski definition) is 0. The standard InChI is InChI=1S/C25H25NO2S/c1-18-9-13-21(14-10-18)20(3)24-17-25(22-7-5-4-6-8-22)26(24)29(27,28)23-15-11-19(2)12-16-23/h4-16,24-25H,3,17H2,1-2H3/t24-,25+/m0/s1. The number of rotatable bonds is 5. The molecule has 0 saturated carbocycles. The zero-order valence-electron chi connectivity index (χ0n) is 16.7. The highest BCUT2D eigenvalue weighted by Gasteiger charge is 2.48. The van der Waals surface area contributed by atoms with Crippen molar-refractivity contribution in [2.45, 2.75) is 37.2 Å². The molecule has 0 bridgehead atoms. The molecule has 0 radical (unpaired) electrons. The van der Waals surface area contributed by atoms with Crippen LogP contribution in [0.4, 0.5) is 0 Å². The summed E-state index contributed by atoms with van der Waals surface area (Å²) in [6.45, 7) is 8.26. The van der Waals surface area contributed by atoms with E-state index >= 15 is 0 Å². The van der Waals surface area contributed by atoms with Crippen LogP contribution in [0.5, 0.6) is 0 Å². The summed E-state index contributed by atoms with van der Waals surface area (Å²) >= 11 is 0. The molecule has 0 unspecified atom stereocenters. The second-order valence-corrected chi connectivity index (χ2v) is 9.56. The third-order valence-electron chi connectivity index (χ3n) is 5.67. The van der Waals surface area contributed by atoms with Crippen LogP contribution in [0, 0.1) is 13.8 Å². The molecule has 0 amide bonds. The van der Waals surface area contributed by atoms with Gasteiger partial charge in [-0.05, 0) is 49.1 Å². The van der Waals surface area contributed by atoms with E-state index < -0.39 is 10.0 Å². The normalized spacial score (nSPS) is 19.5. The Labute approximate surface area is 173 Å². The Morgan fingerprint density at radius 2 is 1.41 bits per heavy atom. The Balaban J connectivity index is 1.73. The van der Waals surface area contributed by atoms with Crippen LogP contribution in [0.15, 0.2) is 90.3 Å². The SMILES string of the molecule is C=C(c1ccc(C)cc1)[C@@H]1C[C@H](c2ccccc2)N1S(=O)(=O)c1ccc(C)cc1. The molecule has 4 rings (SSSR count). The third kappa shape index (κ3) is 3.66. The van der Waals surface area contributed by atoms with Gasteiger partial charge < -0.3 is 0 Å². The molecule has 148 valence electrons. The molecule has 0 spiro atoms. The predicted molar refractivity (Wildman–Crippen MR) is 118 cm³/mol. The molecule has 4 heteroatoms. The summed E-state index contributed by atoms with van der Waals surface area (Å²) in [7, 11) is -3.65. The summed E-state index contributed by atoms with van der Waals surface area (Å²) in [5.74, 6) is 0. The fourth-order valence-electron chi connectivity index (χ4n) is 3.88. The van der Waals surface area contributed by atoms with Crippen LogP contribution >= 0.6 is 0 Å². The molecule has 1 aliphatic heterocycles. The largest absolute Gasteiger partial charge is 0.244 e. The third-order valence-corrected chi connectivity index (χ3v) is 7.60. The number of hydrogen-bond acceptors (Lipinski definition) is 2. The Hall–Kier alpha value is -2.69. The van der Waals surface area contributed by atoms with Gasteiger partial charge in [-0.15, -0.1) is 0 Å². The molecule has 2 atom stereocenters. The smallest absolute Gasteiger partial charge is 0.207 e. The molecular formula is C25H25NO2S. The second kappa shape index (κ2) is 7.62. The van der Waals surface area contributed by atoms with Gasteiger partial charge in [0.25, 0.3) is 0 Å². The van der Waals surface area contributed by atoms with E-state index in [1.165, 1.54) is 5.56 Å². The maximum atomic E-state index is 13.6. The van der Waals surface area contributed by atoms with Crippen LogP contribution < -0.4 is 0 Å². The lowest BCUT2D eigenvalue weighted by atomic mass is 9.84. The maximum absolute atomic E-state index is 13.6. The van der Waals surface area contributed by atoms with Crippen LogP contribution in [0.1, 0.15) is 34.7 Å². The Morgan fingerprint density at radius 3 is 2.00 bits per heavy atom. The van der Waals surface area contributed by atoms with E-state index in [2.05, 4.69) is 6.58 Å². The minimum Gasteiger partial charge on any atom is -0.207 e. The van der Waals surface area contributed by atoms with Crippen molar-refractivity contribution in [3.63, 3.8) is 0 Å². The van der Waals surface area contributed by atoms with Crippen molar-refractivity contribution in [2.75, 3.05) is 0 Å². The van der Waals surface area contributed by atoms with Crippen LogP contribution in [0.25, 0.3) is 5.57 Å². The molecule has 0 aliphatic carbocycles. The van der Waals surface area contributed by atoms with Gasteiger partial charge in [0.2, 0.25) is 10.0 Å². The fourth-order valence-corrected chi connectivity index (χ4v) is 5.69. The lowest BCUT2D eigenvalue weighted by Crippen LogP contribution is -2.53. The monoisotopic (exact) mass is 403 g/mol. The zero-order valence-corrected chi connectivity index (χ0v) is 17.6. The van der Waals surface area contributed by atoms with E-state index in [-0.39, 0.29) is 12.1 Å². The predicted octanol–water partition coefficient (Wildman–Crippen LogP) is 5.52. The Morgan fingerprint density at radius 1 is 0.862 bits per heavy atom. The fraction of sp³-hybridized carbons (Fsp3) is 0.200. The Bertz CT molecular complexity index is 1120. The minimum atomic E-state index is -3.65. The summed E-state index contributed by atoms with van der Waals surface area (Å²) < 4.78 is 28.8. The van der Waals surface area contributed by atoms with E-state index in [0.717, 1.165) is 28.7 Å². The first-order chi connectivity index (χ1) is 13.9. The van der Waals surface area contributed by atoms with Crippen molar-refractivity contribution in [3.05, 3.63) is 108 Å². The lowest BCUT2D eigenvalue weighted by Gasteiger charge is -2.48. The van der Waals surface area contributed by atoms with Crippen LogP contribution in [0.2, 0.25) is 0 Å². The molecular weight excluding hydrogens is 378 g/mol. The zero-order chi connectivity index (χ0) is 20.6. The summed E-state index contributed by atoms with van der Waals surface area (Å²) in [5, 5.41) is 0. The van der Waals surface area contributed by atoms with Gasteiger partial charge in [0.15, 0.2) is 0 Å². The van der Waals surface area contributed by atoms with Crippen molar-refractivity contribution in [2.24, 2.45) is 0 Å². The average molecular weight is 404 g/mol. The van der Waals surface area contributed by atoms with Crippen LogP contribution in [0.3, 0.4) is 0 Å². The van der Waals surface area contributed by atoms with Gasteiger partial charge in [-0.2, -0.15) is 4.31 Å². The first-order valence-electron chi connectivity index (χ1n) is 9.79. The van der Waals surface area contributed by atoms with Gasteiger partial charge in [-0.3, -0.25) is 0 Å².